The lowest BCUT2D eigenvalue weighted by Crippen LogP contribution is -2.29. The number of hydrogen-bond acceptors (Lipinski definition) is 6. The van der Waals surface area contributed by atoms with Gasteiger partial charge in [-0.3, -0.25) is 4.79 Å². The first kappa shape index (κ1) is 21.9. The monoisotopic (exact) mass is 468 g/mol. The maximum atomic E-state index is 13.1. The number of aliphatic hydroxyl groups is 1. The molecule has 3 heterocycles. The molecule has 0 amide bonds. The fourth-order valence-electron chi connectivity index (χ4n) is 4.90. The Morgan fingerprint density at radius 3 is 2.70 bits per heavy atom. The topological polar surface area (TPSA) is 99.2 Å². The van der Waals surface area contributed by atoms with Crippen molar-refractivity contribution >= 4 is 17.6 Å². The molecule has 0 saturated heterocycles. The lowest BCUT2D eigenvalue weighted by Gasteiger charge is -2.32. The number of aliphatic hydroxyl groups excluding tert-OH is 1. The number of carbonyl (C=O) groups excluding carboxylic acids is 1. The Hall–Kier alpha value is -2.97. The van der Waals surface area contributed by atoms with E-state index in [9.17, 15) is 14.7 Å². The van der Waals surface area contributed by atoms with Gasteiger partial charge >= 0.3 is 5.97 Å². The third-order valence-electron chi connectivity index (χ3n) is 6.44. The largest absolute Gasteiger partial charge is 0.455 e. The van der Waals surface area contributed by atoms with Crippen LogP contribution in [0.2, 0.25) is 5.02 Å². The zero-order chi connectivity index (χ0) is 23.5. The molecule has 8 nitrogen and oxygen atoms in total. The quantitative estimate of drug-likeness (QED) is 0.585. The molecule has 3 aromatic rings. The minimum atomic E-state index is -0.648. The molecule has 3 atom stereocenters. The number of halogens is 1. The smallest absolute Gasteiger partial charge is 0.361 e. The number of rotatable bonds is 4. The second kappa shape index (κ2) is 7.81. The van der Waals surface area contributed by atoms with Gasteiger partial charge in [-0.25, -0.2) is 9.48 Å². The second-order valence-electron chi connectivity index (χ2n) is 9.69. The van der Waals surface area contributed by atoms with Crippen molar-refractivity contribution in [3.8, 4) is 16.8 Å². The first-order valence-corrected chi connectivity index (χ1v) is 11.4. The van der Waals surface area contributed by atoms with Crippen molar-refractivity contribution in [2.45, 2.75) is 51.2 Å². The first-order valence-electron chi connectivity index (χ1n) is 11.0. The standard InChI is InChI=1S/C24H25ClN4O4/c1-24(2,3)33-23(32)18-11-28(27-26-18)19-7-4-14(25)10-17(19)13-8-20-15-5-6-16(15)21(12-30)29(20)22(31)9-13/h4,7-11,15-16,21,30H,5-6,12H2,1-3H3/t15-,16+,21-/m1/s1. The van der Waals surface area contributed by atoms with Gasteiger partial charge in [-0.15, -0.1) is 5.10 Å². The van der Waals surface area contributed by atoms with E-state index < -0.39 is 11.6 Å². The van der Waals surface area contributed by atoms with Crippen LogP contribution in [0.4, 0.5) is 0 Å². The van der Waals surface area contributed by atoms with Gasteiger partial charge in [0.2, 0.25) is 0 Å². The van der Waals surface area contributed by atoms with E-state index in [1.54, 1.807) is 49.6 Å². The highest BCUT2D eigenvalue weighted by Crippen LogP contribution is 2.53. The fourth-order valence-corrected chi connectivity index (χ4v) is 5.08. The van der Waals surface area contributed by atoms with E-state index in [1.165, 1.54) is 10.9 Å². The van der Waals surface area contributed by atoms with E-state index in [4.69, 9.17) is 16.3 Å². The maximum absolute atomic E-state index is 13.1. The van der Waals surface area contributed by atoms with Gasteiger partial charge in [-0.1, -0.05) is 16.8 Å². The second-order valence-corrected chi connectivity index (χ2v) is 10.1. The van der Waals surface area contributed by atoms with Crippen LogP contribution in [0.1, 0.15) is 61.8 Å². The van der Waals surface area contributed by atoms with Crippen molar-refractivity contribution in [2.75, 3.05) is 6.61 Å². The number of aromatic nitrogens is 4. The fraction of sp³-hybridized carbons (Fsp3) is 0.417. The summed E-state index contributed by atoms with van der Waals surface area (Å²) in [5, 5.41) is 18.5. The van der Waals surface area contributed by atoms with Crippen LogP contribution in [-0.2, 0) is 4.74 Å². The first-order chi connectivity index (χ1) is 15.7. The van der Waals surface area contributed by atoms with Crippen molar-refractivity contribution in [2.24, 2.45) is 5.92 Å². The highest BCUT2D eigenvalue weighted by molar-refractivity contribution is 6.31. The maximum Gasteiger partial charge on any atom is 0.361 e. The molecule has 0 bridgehead atoms. The Bertz CT molecular complexity index is 1310. The Balaban J connectivity index is 1.57. The zero-order valence-corrected chi connectivity index (χ0v) is 19.4. The summed E-state index contributed by atoms with van der Waals surface area (Å²) in [6.07, 6.45) is 3.53. The number of esters is 1. The van der Waals surface area contributed by atoms with Gasteiger partial charge in [0, 0.05) is 28.3 Å². The van der Waals surface area contributed by atoms with Crippen molar-refractivity contribution in [3.05, 3.63) is 63.3 Å². The van der Waals surface area contributed by atoms with E-state index in [2.05, 4.69) is 10.3 Å². The van der Waals surface area contributed by atoms with Crippen molar-refractivity contribution in [3.63, 3.8) is 0 Å². The molecular formula is C24H25ClN4O4. The molecule has 1 fully saturated rings. The number of carbonyl (C=O) groups is 1. The van der Waals surface area contributed by atoms with Crippen LogP contribution in [0.3, 0.4) is 0 Å². The molecule has 0 unspecified atom stereocenters. The summed E-state index contributed by atoms with van der Waals surface area (Å²) in [7, 11) is 0. The highest BCUT2D eigenvalue weighted by Gasteiger charge is 2.46. The van der Waals surface area contributed by atoms with E-state index >= 15 is 0 Å². The Kier molecular flexibility index (Phi) is 5.17. The van der Waals surface area contributed by atoms with Gasteiger partial charge in [0.05, 0.1) is 24.5 Å². The molecular weight excluding hydrogens is 444 g/mol. The molecule has 2 aromatic heterocycles. The van der Waals surface area contributed by atoms with E-state index in [1.807, 2.05) is 6.07 Å². The molecule has 9 heteroatoms. The minimum Gasteiger partial charge on any atom is -0.455 e. The molecule has 172 valence electrons. The summed E-state index contributed by atoms with van der Waals surface area (Å²) in [6, 6.07) is 8.68. The van der Waals surface area contributed by atoms with Crippen LogP contribution in [-0.4, -0.2) is 42.8 Å². The van der Waals surface area contributed by atoms with Crippen LogP contribution in [0.15, 0.2) is 41.3 Å². The minimum absolute atomic E-state index is 0.0395. The molecule has 0 radical (unpaired) electrons. The molecule has 1 aromatic carbocycles. The molecule has 33 heavy (non-hydrogen) atoms. The lowest BCUT2D eigenvalue weighted by atomic mass is 9.71. The predicted octanol–water partition coefficient (Wildman–Crippen LogP) is 3.75. The van der Waals surface area contributed by atoms with Crippen LogP contribution >= 0.6 is 11.6 Å². The summed E-state index contributed by atoms with van der Waals surface area (Å²) in [5.74, 6) is 0.0252. The van der Waals surface area contributed by atoms with Gasteiger partial charge in [-0.05, 0) is 69.4 Å². The van der Waals surface area contributed by atoms with Crippen LogP contribution in [0.25, 0.3) is 16.8 Å². The van der Waals surface area contributed by atoms with Gasteiger partial charge < -0.3 is 14.4 Å². The van der Waals surface area contributed by atoms with Crippen molar-refractivity contribution < 1.29 is 14.6 Å². The number of hydrogen-bond donors (Lipinski definition) is 1. The predicted molar refractivity (Wildman–Crippen MR) is 123 cm³/mol. The SMILES string of the molecule is CC(C)(C)OC(=O)c1cn(-c2ccc(Cl)cc2-c2cc3n(c(=O)c2)[C@H](CO)[C@H]2CC[C@@H]32)nn1. The van der Waals surface area contributed by atoms with Gasteiger partial charge in [0.15, 0.2) is 5.69 Å². The van der Waals surface area contributed by atoms with Crippen LogP contribution in [0, 0.1) is 5.92 Å². The third-order valence-corrected chi connectivity index (χ3v) is 6.67. The van der Waals surface area contributed by atoms with E-state index in [0.717, 1.165) is 18.5 Å². The lowest BCUT2D eigenvalue weighted by molar-refractivity contribution is 0.00627. The summed E-state index contributed by atoms with van der Waals surface area (Å²) in [6.45, 7) is 5.31. The number of ether oxygens (including phenoxy) is 1. The number of pyridine rings is 1. The zero-order valence-electron chi connectivity index (χ0n) is 18.7. The molecule has 1 aliphatic carbocycles. The van der Waals surface area contributed by atoms with Crippen LogP contribution in [0.5, 0.6) is 0 Å². The Morgan fingerprint density at radius 2 is 2.03 bits per heavy atom. The van der Waals surface area contributed by atoms with E-state index in [0.29, 0.717) is 27.8 Å². The Morgan fingerprint density at radius 1 is 1.24 bits per heavy atom. The average Bonchev–Trinajstić information content (AvgIpc) is 3.27. The third kappa shape index (κ3) is 3.77. The molecule has 1 aliphatic heterocycles. The number of nitrogens with zero attached hydrogens (tertiary/aromatic N) is 4. The molecule has 0 spiro atoms. The normalized spacial score (nSPS) is 21.3. The summed E-state index contributed by atoms with van der Waals surface area (Å²) >= 11 is 6.31. The highest BCUT2D eigenvalue weighted by atomic mass is 35.5. The summed E-state index contributed by atoms with van der Waals surface area (Å²) in [5.41, 5.74) is 2.29. The molecule has 2 aliphatic rings. The van der Waals surface area contributed by atoms with Gasteiger partial charge in [0.25, 0.3) is 5.56 Å². The summed E-state index contributed by atoms with van der Waals surface area (Å²) < 4.78 is 8.61. The van der Waals surface area contributed by atoms with Crippen LogP contribution < -0.4 is 5.56 Å². The Labute approximate surface area is 195 Å². The molecule has 1 N–H and O–H groups in total. The van der Waals surface area contributed by atoms with Gasteiger partial charge in [-0.2, -0.15) is 0 Å². The molecule has 1 saturated carbocycles. The van der Waals surface area contributed by atoms with Gasteiger partial charge in [0.1, 0.15) is 5.60 Å². The van der Waals surface area contributed by atoms with E-state index in [-0.39, 0.29) is 29.8 Å². The average molecular weight is 469 g/mol. The summed E-state index contributed by atoms with van der Waals surface area (Å²) in [4.78, 5) is 25.5. The number of fused-ring (bicyclic) bond motifs is 3. The van der Waals surface area contributed by atoms with Crippen molar-refractivity contribution in [1.29, 1.82) is 0 Å². The molecule has 5 rings (SSSR count). The number of benzene rings is 1. The van der Waals surface area contributed by atoms with Crippen molar-refractivity contribution in [1.82, 2.24) is 19.6 Å².